The van der Waals surface area contributed by atoms with E-state index < -0.39 is 6.10 Å². The Kier molecular flexibility index (Phi) is 4.64. The number of piperidine rings is 1. The van der Waals surface area contributed by atoms with Gasteiger partial charge in [-0.15, -0.1) is 0 Å². The number of benzene rings is 1. The van der Waals surface area contributed by atoms with Crippen LogP contribution in [0.25, 0.3) is 10.9 Å². The maximum atomic E-state index is 10.9. The van der Waals surface area contributed by atoms with Crippen molar-refractivity contribution < 1.29 is 9.84 Å². The zero-order valence-electron chi connectivity index (χ0n) is 14.7. The fraction of sp³-hybridized carbons (Fsp3) is 0.579. The zero-order valence-corrected chi connectivity index (χ0v) is 14.7. The number of aryl methyl sites for hydroxylation is 1. The summed E-state index contributed by atoms with van der Waals surface area (Å²) in [6, 6.07) is 6.09. The van der Waals surface area contributed by atoms with Crippen LogP contribution in [0.1, 0.15) is 37.1 Å². The van der Waals surface area contributed by atoms with E-state index in [-0.39, 0.29) is 0 Å². The second-order valence-corrected chi connectivity index (χ2v) is 6.94. The molecule has 1 aromatic heterocycles. The highest BCUT2D eigenvalue weighted by Gasteiger charge is 2.23. The van der Waals surface area contributed by atoms with Gasteiger partial charge in [-0.05, 0) is 57.0 Å². The lowest BCUT2D eigenvalue weighted by molar-refractivity contribution is 0.0920. The van der Waals surface area contributed by atoms with Crippen molar-refractivity contribution in [3.8, 4) is 5.75 Å². The molecule has 0 spiro atoms. The van der Waals surface area contributed by atoms with Crippen LogP contribution in [0.5, 0.6) is 5.75 Å². The number of likely N-dealkylation sites (tertiary alicyclic amines) is 1. The lowest BCUT2D eigenvalue weighted by Crippen LogP contribution is -2.36. The topological polar surface area (TPSA) is 37.6 Å². The summed E-state index contributed by atoms with van der Waals surface area (Å²) in [5.41, 5.74) is 3.32. The molecule has 2 heterocycles. The second kappa shape index (κ2) is 6.54. The molecule has 1 atom stereocenters. The maximum Gasteiger partial charge on any atom is 0.119 e. The van der Waals surface area contributed by atoms with E-state index in [4.69, 9.17) is 4.74 Å². The summed E-state index contributed by atoms with van der Waals surface area (Å²) in [5.74, 6) is 1.65. The molecular weight excluding hydrogens is 288 g/mol. The predicted octanol–water partition coefficient (Wildman–Crippen LogP) is 3.26. The third-order valence-corrected chi connectivity index (χ3v) is 5.39. The molecule has 4 nitrogen and oxygen atoms in total. The van der Waals surface area contributed by atoms with Crippen molar-refractivity contribution in [1.29, 1.82) is 0 Å². The minimum atomic E-state index is -0.459. The van der Waals surface area contributed by atoms with Crippen LogP contribution in [-0.4, -0.2) is 41.3 Å². The summed E-state index contributed by atoms with van der Waals surface area (Å²) < 4.78 is 7.52. The first kappa shape index (κ1) is 16.3. The summed E-state index contributed by atoms with van der Waals surface area (Å²) in [6.45, 7) is 7.29. The lowest BCUT2D eigenvalue weighted by atomic mass is 9.98. The lowest BCUT2D eigenvalue weighted by Gasteiger charge is -2.31. The SMILES string of the molecule is COc1ccc2c(c1)c([C@@H](O)CN1CCC(C)CC1)c(C)n2C. The Morgan fingerprint density at radius 2 is 2.00 bits per heavy atom. The number of β-amino-alcohol motifs (C(OH)–C–C–N with tert-alkyl or cyclic N) is 1. The summed E-state index contributed by atoms with van der Waals surface area (Å²) in [4.78, 5) is 2.39. The number of ether oxygens (including phenoxy) is 1. The fourth-order valence-corrected chi connectivity index (χ4v) is 3.71. The Morgan fingerprint density at radius 3 is 2.65 bits per heavy atom. The molecule has 1 aliphatic heterocycles. The number of aliphatic hydroxyl groups excluding tert-OH is 1. The van der Waals surface area contributed by atoms with Gasteiger partial charge >= 0.3 is 0 Å². The normalized spacial score (nSPS) is 18.5. The summed E-state index contributed by atoms with van der Waals surface area (Å²) >= 11 is 0. The Balaban J connectivity index is 1.90. The van der Waals surface area contributed by atoms with Gasteiger partial charge in [-0.3, -0.25) is 0 Å². The molecule has 1 saturated heterocycles. The van der Waals surface area contributed by atoms with Crippen LogP contribution in [0, 0.1) is 12.8 Å². The highest BCUT2D eigenvalue weighted by molar-refractivity contribution is 5.87. The zero-order chi connectivity index (χ0) is 16.6. The molecular formula is C19H28N2O2. The van der Waals surface area contributed by atoms with Gasteiger partial charge in [-0.1, -0.05) is 6.92 Å². The molecule has 0 unspecified atom stereocenters. The van der Waals surface area contributed by atoms with Gasteiger partial charge in [0.2, 0.25) is 0 Å². The fourth-order valence-electron chi connectivity index (χ4n) is 3.71. The summed E-state index contributed by atoms with van der Waals surface area (Å²) in [7, 11) is 3.74. The van der Waals surface area contributed by atoms with Gasteiger partial charge in [-0.2, -0.15) is 0 Å². The van der Waals surface area contributed by atoms with Crippen LogP contribution in [0.15, 0.2) is 18.2 Å². The Morgan fingerprint density at radius 1 is 1.30 bits per heavy atom. The molecule has 0 aliphatic carbocycles. The smallest absolute Gasteiger partial charge is 0.119 e. The standard InChI is InChI=1S/C19H28N2O2/c1-13-7-9-21(10-8-13)12-18(22)19-14(2)20(3)17-6-5-15(23-4)11-16(17)19/h5-6,11,13,18,22H,7-10,12H2,1-4H3/t18-/m0/s1. The van der Waals surface area contributed by atoms with Gasteiger partial charge in [0.25, 0.3) is 0 Å². The average molecular weight is 316 g/mol. The van der Waals surface area contributed by atoms with E-state index in [2.05, 4.69) is 36.4 Å². The largest absolute Gasteiger partial charge is 0.497 e. The average Bonchev–Trinajstić information content (AvgIpc) is 2.80. The second-order valence-electron chi connectivity index (χ2n) is 6.94. The van der Waals surface area contributed by atoms with Crippen molar-refractivity contribution in [2.24, 2.45) is 13.0 Å². The van der Waals surface area contributed by atoms with Gasteiger partial charge in [0.05, 0.1) is 13.2 Å². The molecule has 0 bridgehead atoms. The number of fused-ring (bicyclic) bond motifs is 1. The molecule has 1 fully saturated rings. The minimum Gasteiger partial charge on any atom is -0.497 e. The van der Waals surface area contributed by atoms with E-state index in [0.717, 1.165) is 46.9 Å². The molecule has 0 amide bonds. The van der Waals surface area contributed by atoms with Crippen molar-refractivity contribution in [2.45, 2.75) is 32.8 Å². The van der Waals surface area contributed by atoms with Gasteiger partial charge in [0.1, 0.15) is 5.75 Å². The number of methoxy groups -OCH3 is 1. The van der Waals surface area contributed by atoms with Crippen LogP contribution in [-0.2, 0) is 7.05 Å². The van der Waals surface area contributed by atoms with Crippen LogP contribution in [0.2, 0.25) is 0 Å². The first-order chi connectivity index (χ1) is 11.0. The highest BCUT2D eigenvalue weighted by atomic mass is 16.5. The van der Waals surface area contributed by atoms with Gasteiger partial charge < -0.3 is 19.3 Å². The Bertz CT molecular complexity index is 684. The number of hydrogen-bond donors (Lipinski definition) is 1. The van der Waals surface area contributed by atoms with E-state index in [1.165, 1.54) is 12.8 Å². The van der Waals surface area contributed by atoms with Crippen LogP contribution < -0.4 is 4.74 Å². The monoisotopic (exact) mass is 316 g/mol. The molecule has 4 heteroatoms. The summed E-state index contributed by atoms with van der Waals surface area (Å²) in [5, 5.41) is 12.0. The minimum absolute atomic E-state index is 0.459. The quantitative estimate of drug-likeness (QED) is 0.941. The molecule has 3 rings (SSSR count). The first-order valence-electron chi connectivity index (χ1n) is 8.54. The van der Waals surface area contributed by atoms with E-state index in [9.17, 15) is 5.11 Å². The van der Waals surface area contributed by atoms with E-state index in [1.54, 1.807) is 7.11 Å². The van der Waals surface area contributed by atoms with Gasteiger partial charge in [-0.25, -0.2) is 0 Å². The Hall–Kier alpha value is -1.52. The third-order valence-electron chi connectivity index (χ3n) is 5.39. The van der Waals surface area contributed by atoms with Crippen LogP contribution >= 0.6 is 0 Å². The number of aliphatic hydroxyl groups is 1. The third kappa shape index (κ3) is 3.10. The molecule has 1 N–H and O–H groups in total. The Labute approximate surface area is 138 Å². The molecule has 1 aliphatic rings. The number of aromatic nitrogens is 1. The molecule has 2 aromatic rings. The molecule has 1 aromatic carbocycles. The predicted molar refractivity (Wildman–Crippen MR) is 94.0 cm³/mol. The van der Waals surface area contributed by atoms with Crippen molar-refractivity contribution in [3.63, 3.8) is 0 Å². The van der Waals surface area contributed by atoms with E-state index in [0.29, 0.717) is 6.54 Å². The van der Waals surface area contributed by atoms with Crippen LogP contribution in [0.3, 0.4) is 0 Å². The van der Waals surface area contributed by atoms with Crippen molar-refractivity contribution in [3.05, 3.63) is 29.5 Å². The first-order valence-corrected chi connectivity index (χ1v) is 8.54. The van der Waals surface area contributed by atoms with Crippen LogP contribution in [0.4, 0.5) is 0 Å². The van der Waals surface area contributed by atoms with Crippen molar-refractivity contribution >= 4 is 10.9 Å². The van der Waals surface area contributed by atoms with E-state index in [1.807, 2.05) is 12.1 Å². The molecule has 23 heavy (non-hydrogen) atoms. The maximum absolute atomic E-state index is 10.9. The van der Waals surface area contributed by atoms with Gasteiger partial charge in [0.15, 0.2) is 0 Å². The summed E-state index contributed by atoms with van der Waals surface area (Å²) in [6.07, 6.45) is 2.00. The molecule has 0 radical (unpaired) electrons. The number of rotatable bonds is 4. The van der Waals surface area contributed by atoms with Gasteiger partial charge in [0, 0.05) is 35.8 Å². The highest BCUT2D eigenvalue weighted by Crippen LogP contribution is 2.33. The molecule has 0 saturated carbocycles. The molecule has 126 valence electrons. The van der Waals surface area contributed by atoms with Crippen molar-refractivity contribution in [2.75, 3.05) is 26.7 Å². The number of hydrogen-bond acceptors (Lipinski definition) is 3. The van der Waals surface area contributed by atoms with E-state index >= 15 is 0 Å². The number of nitrogens with zero attached hydrogens (tertiary/aromatic N) is 2. The van der Waals surface area contributed by atoms with Crippen molar-refractivity contribution in [1.82, 2.24) is 9.47 Å².